The number of halogens is 1. The molecule has 0 aromatic rings. The molecule has 0 bridgehead atoms. The maximum atomic E-state index is 10.5. The van der Waals surface area contributed by atoms with Gasteiger partial charge in [0, 0.05) is 30.4 Å². The van der Waals surface area contributed by atoms with Crippen LogP contribution in [0, 0.1) is 5.41 Å². The van der Waals surface area contributed by atoms with Crippen molar-refractivity contribution < 1.29 is 9.84 Å². The molecule has 0 amide bonds. The van der Waals surface area contributed by atoms with E-state index < -0.39 is 5.60 Å². The molecule has 25 heavy (non-hydrogen) atoms. The van der Waals surface area contributed by atoms with E-state index in [0.717, 1.165) is 49.9 Å². The minimum atomic E-state index is -0.631. The molecule has 2 aliphatic rings. The van der Waals surface area contributed by atoms with Crippen LogP contribution in [0.1, 0.15) is 53.4 Å². The molecule has 0 aromatic heterocycles. The maximum absolute atomic E-state index is 10.5. The quantitative estimate of drug-likeness (QED) is 0.214. The van der Waals surface area contributed by atoms with E-state index >= 15 is 0 Å². The molecule has 3 unspecified atom stereocenters. The van der Waals surface area contributed by atoms with Crippen LogP contribution in [0.3, 0.4) is 0 Å². The number of ether oxygens (including phenoxy) is 1. The van der Waals surface area contributed by atoms with Crippen molar-refractivity contribution in [1.82, 2.24) is 10.6 Å². The number of nitrogens with one attached hydrogen (secondary N) is 2. The van der Waals surface area contributed by atoms with Gasteiger partial charge in [-0.2, -0.15) is 11.8 Å². The van der Waals surface area contributed by atoms with Crippen LogP contribution < -0.4 is 10.6 Å². The minimum Gasteiger partial charge on any atom is -0.387 e. The van der Waals surface area contributed by atoms with Crippen molar-refractivity contribution in [2.45, 2.75) is 71.1 Å². The van der Waals surface area contributed by atoms with Crippen molar-refractivity contribution in [2.75, 3.05) is 31.2 Å². The molecule has 1 aliphatic heterocycles. The molecule has 1 saturated carbocycles. The standard InChI is InChI=1S/C18H35N3O2S.HI/c1-5-7-9-23-15-11-14(17(15,3)4)21-16(19-6-2)20-12-18(22)8-10-24-13-18;/h14-15,22H,5-13H2,1-4H3,(H2,19,20,21);1H. The fourth-order valence-electron chi connectivity index (χ4n) is 3.22. The van der Waals surface area contributed by atoms with Crippen molar-refractivity contribution in [3.63, 3.8) is 0 Å². The summed E-state index contributed by atoms with van der Waals surface area (Å²) in [5.41, 5.74) is -0.530. The van der Waals surface area contributed by atoms with E-state index in [-0.39, 0.29) is 29.4 Å². The first-order valence-corrected chi connectivity index (χ1v) is 10.5. The third-order valence-electron chi connectivity index (χ3n) is 5.26. The van der Waals surface area contributed by atoms with Crippen molar-refractivity contribution in [2.24, 2.45) is 10.4 Å². The Morgan fingerprint density at radius 2 is 2.12 bits per heavy atom. The molecular formula is C18H36IN3O2S. The average molecular weight is 485 g/mol. The molecule has 0 radical (unpaired) electrons. The van der Waals surface area contributed by atoms with Crippen molar-refractivity contribution in [3.8, 4) is 0 Å². The summed E-state index contributed by atoms with van der Waals surface area (Å²) in [4.78, 5) is 4.65. The summed E-state index contributed by atoms with van der Waals surface area (Å²) in [7, 11) is 0. The summed E-state index contributed by atoms with van der Waals surface area (Å²) >= 11 is 1.81. The molecule has 3 N–H and O–H groups in total. The summed E-state index contributed by atoms with van der Waals surface area (Å²) in [6.07, 6.45) is 4.47. The summed E-state index contributed by atoms with van der Waals surface area (Å²) in [5, 5.41) is 17.3. The Kier molecular flexibility index (Phi) is 9.85. The molecule has 148 valence electrons. The Bertz CT molecular complexity index is 429. The first kappa shape index (κ1) is 23.3. The highest BCUT2D eigenvalue weighted by atomic mass is 127. The zero-order valence-corrected chi connectivity index (χ0v) is 19.3. The second-order valence-electron chi connectivity index (χ2n) is 7.69. The number of rotatable bonds is 8. The van der Waals surface area contributed by atoms with Crippen LogP contribution >= 0.6 is 35.7 Å². The zero-order chi connectivity index (χ0) is 17.6. The summed E-state index contributed by atoms with van der Waals surface area (Å²) in [5.74, 6) is 2.63. The van der Waals surface area contributed by atoms with Gasteiger partial charge in [0.15, 0.2) is 5.96 Å². The Morgan fingerprint density at radius 1 is 1.36 bits per heavy atom. The Hall–Kier alpha value is 0.270. The smallest absolute Gasteiger partial charge is 0.191 e. The van der Waals surface area contributed by atoms with Crippen molar-refractivity contribution >= 4 is 41.7 Å². The fraction of sp³-hybridized carbons (Fsp3) is 0.944. The van der Waals surface area contributed by atoms with Gasteiger partial charge >= 0.3 is 0 Å². The Balaban J connectivity index is 0.00000312. The van der Waals surface area contributed by atoms with Crippen LogP contribution in [-0.4, -0.2) is 60.0 Å². The van der Waals surface area contributed by atoms with Gasteiger partial charge in [-0.05, 0) is 31.9 Å². The van der Waals surface area contributed by atoms with E-state index in [0.29, 0.717) is 18.7 Å². The lowest BCUT2D eigenvalue weighted by Crippen LogP contribution is -2.63. The first-order valence-electron chi connectivity index (χ1n) is 9.38. The number of nitrogens with zero attached hydrogens (tertiary/aromatic N) is 1. The highest BCUT2D eigenvalue weighted by Gasteiger charge is 2.49. The molecule has 0 spiro atoms. The van der Waals surface area contributed by atoms with Gasteiger partial charge in [0.1, 0.15) is 0 Å². The predicted molar refractivity (Wildman–Crippen MR) is 118 cm³/mol. The van der Waals surface area contributed by atoms with Gasteiger partial charge in [0.2, 0.25) is 0 Å². The van der Waals surface area contributed by atoms with E-state index in [1.807, 2.05) is 11.8 Å². The van der Waals surface area contributed by atoms with Gasteiger partial charge in [-0.15, -0.1) is 24.0 Å². The molecule has 1 heterocycles. The molecule has 5 nitrogen and oxygen atoms in total. The van der Waals surface area contributed by atoms with Crippen LogP contribution in [0.2, 0.25) is 0 Å². The number of unbranched alkanes of at least 4 members (excludes halogenated alkanes) is 1. The van der Waals surface area contributed by atoms with E-state index in [9.17, 15) is 5.11 Å². The molecular weight excluding hydrogens is 449 g/mol. The van der Waals surface area contributed by atoms with Gasteiger partial charge in [-0.25, -0.2) is 0 Å². The number of aliphatic imine (C=N–C) groups is 1. The van der Waals surface area contributed by atoms with E-state index in [1.165, 1.54) is 6.42 Å². The second-order valence-corrected chi connectivity index (χ2v) is 8.79. The number of hydrogen-bond acceptors (Lipinski definition) is 4. The Morgan fingerprint density at radius 3 is 2.68 bits per heavy atom. The van der Waals surface area contributed by atoms with Crippen LogP contribution in [0.5, 0.6) is 0 Å². The fourth-order valence-corrected chi connectivity index (χ4v) is 4.50. The number of hydrogen-bond donors (Lipinski definition) is 3. The topological polar surface area (TPSA) is 65.9 Å². The molecule has 1 aliphatic carbocycles. The van der Waals surface area contributed by atoms with Gasteiger partial charge in [-0.3, -0.25) is 4.99 Å². The molecule has 7 heteroatoms. The largest absolute Gasteiger partial charge is 0.387 e. The van der Waals surface area contributed by atoms with Gasteiger partial charge in [-0.1, -0.05) is 27.2 Å². The average Bonchev–Trinajstić information content (AvgIpc) is 2.98. The first-order chi connectivity index (χ1) is 11.4. The van der Waals surface area contributed by atoms with Gasteiger partial charge in [0.05, 0.1) is 18.2 Å². The lowest BCUT2D eigenvalue weighted by Gasteiger charge is -2.52. The second kappa shape index (κ2) is 10.6. The SMILES string of the molecule is CCCCOC1CC(NC(=NCC2(O)CCSC2)NCC)C1(C)C.I. The maximum Gasteiger partial charge on any atom is 0.191 e. The van der Waals surface area contributed by atoms with Crippen molar-refractivity contribution in [1.29, 1.82) is 0 Å². The van der Waals surface area contributed by atoms with E-state index in [2.05, 4.69) is 43.3 Å². The van der Waals surface area contributed by atoms with Gasteiger partial charge in [0.25, 0.3) is 0 Å². The van der Waals surface area contributed by atoms with Crippen LogP contribution in [0.4, 0.5) is 0 Å². The molecule has 0 aromatic carbocycles. The highest BCUT2D eigenvalue weighted by Crippen LogP contribution is 2.42. The van der Waals surface area contributed by atoms with Crippen LogP contribution in [-0.2, 0) is 4.74 Å². The lowest BCUT2D eigenvalue weighted by molar-refractivity contribution is -0.113. The van der Waals surface area contributed by atoms with Crippen LogP contribution in [0.15, 0.2) is 4.99 Å². The van der Waals surface area contributed by atoms with E-state index in [4.69, 9.17) is 4.74 Å². The summed E-state index contributed by atoms with van der Waals surface area (Å²) in [6, 6.07) is 0.356. The highest BCUT2D eigenvalue weighted by molar-refractivity contribution is 14.0. The minimum absolute atomic E-state index is 0. The summed E-state index contributed by atoms with van der Waals surface area (Å²) < 4.78 is 6.02. The number of thioether (sulfide) groups is 1. The van der Waals surface area contributed by atoms with E-state index in [1.54, 1.807) is 0 Å². The molecule has 1 saturated heterocycles. The third kappa shape index (κ3) is 6.43. The molecule has 2 rings (SSSR count). The van der Waals surface area contributed by atoms with Gasteiger partial charge < -0.3 is 20.5 Å². The van der Waals surface area contributed by atoms with Crippen molar-refractivity contribution in [3.05, 3.63) is 0 Å². The predicted octanol–water partition coefficient (Wildman–Crippen LogP) is 3.01. The monoisotopic (exact) mass is 485 g/mol. The molecule has 2 fully saturated rings. The number of guanidine groups is 1. The normalized spacial score (nSPS) is 31.2. The zero-order valence-electron chi connectivity index (χ0n) is 16.1. The number of aliphatic hydroxyl groups is 1. The molecule has 3 atom stereocenters. The van der Waals surface area contributed by atoms with Crippen LogP contribution in [0.25, 0.3) is 0 Å². The Labute approximate surface area is 174 Å². The third-order valence-corrected chi connectivity index (χ3v) is 6.50. The summed E-state index contributed by atoms with van der Waals surface area (Å²) in [6.45, 7) is 10.9. The lowest BCUT2D eigenvalue weighted by atomic mass is 9.64.